The van der Waals surface area contributed by atoms with Crippen molar-refractivity contribution in [3.8, 4) is 0 Å². The first-order valence-corrected chi connectivity index (χ1v) is 5.71. The third-order valence-electron chi connectivity index (χ3n) is 3.14. The molecule has 0 unspecified atom stereocenters. The lowest BCUT2D eigenvalue weighted by atomic mass is 9.97. The summed E-state index contributed by atoms with van der Waals surface area (Å²) >= 11 is 0. The van der Waals surface area contributed by atoms with Crippen LogP contribution in [0, 0.1) is 5.92 Å². The SMILES string of the molecule is CN1CCC(CNCc2cnc[nH]2)CC1. The van der Waals surface area contributed by atoms with Crippen molar-refractivity contribution < 1.29 is 0 Å². The lowest BCUT2D eigenvalue weighted by Crippen LogP contribution is -2.34. The molecule has 2 N–H and O–H groups in total. The smallest absolute Gasteiger partial charge is 0.0922 e. The molecule has 0 radical (unpaired) electrons. The first-order valence-electron chi connectivity index (χ1n) is 5.71. The van der Waals surface area contributed by atoms with Crippen LogP contribution in [-0.2, 0) is 6.54 Å². The molecule has 1 saturated heterocycles. The highest BCUT2D eigenvalue weighted by Crippen LogP contribution is 2.14. The lowest BCUT2D eigenvalue weighted by Gasteiger charge is -2.28. The highest BCUT2D eigenvalue weighted by Gasteiger charge is 2.15. The molecule has 1 aliphatic rings. The lowest BCUT2D eigenvalue weighted by molar-refractivity contribution is 0.216. The van der Waals surface area contributed by atoms with Gasteiger partial charge in [0.05, 0.1) is 6.33 Å². The van der Waals surface area contributed by atoms with Crippen molar-refractivity contribution in [2.45, 2.75) is 19.4 Å². The van der Waals surface area contributed by atoms with Gasteiger partial charge in [0.2, 0.25) is 0 Å². The summed E-state index contributed by atoms with van der Waals surface area (Å²) in [5, 5.41) is 3.48. The molecule has 4 nitrogen and oxygen atoms in total. The second-order valence-electron chi connectivity index (χ2n) is 4.45. The number of piperidine rings is 1. The molecule has 0 bridgehead atoms. The zero-order valence-electron chi connectivity index (χ0n) is 9.37. The molecule has 15 heavy (non-hydrogen) atoms. The number of likely N-dealkylation sites (tertiary alicyclic amines) is 1. The maximum atomic E-state index is 4.00. The van der Waals surface area contributed by atoms with Crippen LogP contribution in [0.4, 0.5) is 0 Å². The van der Waals surface area contributed by atoms with Crippen LogP contribution in [0.3, 0.4) is 0 Å². The van der Waals surface area contributed by atoms with E-state index in [1.165, 1.54) is 31.6 Å². The van der Waals surface area contributed by atoms with Gasteiger partial charge in [0.1, 0.15) is 0 Å². The number of hydrogen-bond donors (Lipinski definition) is 2. The van der Waals surface area contributed by atoms with Gasteiger partial charge in [0.25, 0.3) is 0 Å². The summed E-state index contributed by atoms with van der Waals surface area (Å²) in [6.45, 7) is 4.53. The van der Waals surface area contributed by atoms with Crippen molar-refractivity contribution in [2.75, 3.05) is 26.7 Å². The van der Waals surface area contributed by atoms with Crippen LogP contribution in [0.5, 0.6) is 0 Å². The summed E-state index contributed by atoms with van der Waals surface area (Å²) < 4.78 is 0. The van der Waals surface area contributed by atoms with Crippen LogP contribution in [0.2, 0.25) is 0 Å². The van der Waals surface area contributed by atoms with Crippen LogP contribution in [-0.4, -0.2) is 41.5 Å². The minimum Gasteiger partial charge on any atom is -0.347 e. The maximum absolute atomic E-state index is 4.00. The minimum atomic E-state index is 0.851. The fraction of sp³-hybridized carbons (Fsp3) is 0.727. The van der Waals surface area contributed by atoms with Gasteiger partial charge >= 0.3 is 0 Å². The van der Waals surface area contributed by atoms with E-state index in [9.17, 15) is 0 Å². The van der Waals surface area contributed by atoms with Crippen LogP contribution >= 0.6 is 0 Å². The fourth-order valence-electron chi connectivity index (χ4n) is 2.06. The predicted octanol–water partition coefficient (Wildman–Crippen LogP) is 0.841. The molecule has 0 amide bonds. The van der Waals surface area contributed by atoms with E-state index < -0.39 is 0 Å². The van der Waals surface area contributed by atoms with Gasteiger partial charge in [-0.3, -0.25) is 0 Å². The van der Waals surface area contributed by atoms with Gasteiger partial charge in [-0.05, 0) is 45.4 Å². The second-order valence-corrected chi connectivity index (χ2v) is 4.45. The van der Waals surface area contributed by atoms with E-state index in [0.29, 0.717) is 0 Å². The van der Waals surface area contributed by atoms with Crippen molar-refractivity contribution in [1.29, 1.82) is 0 Å². The Kier molecular flexibility index (Phi) is 3.75. The van der Waals surface area contributed by atoms with Crippen molar-refractivity contribution in [3.05, 3.63) is 18.2 Å². The van der Waals surface area contributed by atoms with Crippen molar-refractivity contribution >= 4 is 0 Å². The molecule has 1 fully saturated rings. The summed E-state index contributed by atoms with van der Waals surface area (Å²) in [4.78, 5) is 9.50. The number of aromatic nitrogens is 2. The van der Waals surface area contributed by atoms with Crippen LogP contribution in [0.1, 0.15) is 18.5 Å². The van der Waals surface area contributed by atoms with E-state index in [4.69, 9.17) is 0 Å². The summed E-state index contributed by atoms with van der Waals surface area (Å²) in [5.41, 5.74) is 1.17. The quantitative estimate of drug-likeness (QED) is 0.770. The van der Waals surface area contributed by atoms with Gasteiger partial charge in [0, 0.05) is 18.4 Å². The molecule has 0 saturated carbocycles. The average molecular weight is 208 g/mol. The molecule has 4 heteroatoms. The average Bonchev–Trinajstić information content (AvgIpc) is 2.74. The van der Waals surface area contributed by atoms with E-state index >= 15 is 0 Å². The highest BCUT2D eigenvalue weighted by atomic mass is 15.1. The summed E-state index contributed by atoms with van der Waals surface area (Å²) in [7, 11) is 2.20. The maximum Gasteiger partial charge on any atom is 0.0922 e. The molecule has 0 aromatic carbocycles. The Hall–Kier alpha value is -0.870. The highest BCUT2D eigenvalue weighted by molar-refractivity contribution is 4.93. The number of hydrogen-bond acceptors (Lipinski definition) is 3. The molecular weight excluding hydrogens is 188 g/mol. The Bertz CT molecular complexity index is 262. The van der Waals surface area contributed by atoms with Gasteiger partial charge in [0.15, 0.2) is 0 Å². The number of rotatable bonds is 4. The minimum absolute atomic E-state index is 0.851. The number of nitrogens with zero attached hydrogens (tertiary/aromatic N) is 2. The van der Waals surface area contributed by atoms with E-state index in [2.05, 4.69) is 27.2 Å². The molecule has 0 atom stereocenters. The molecular formula is C11H20N4. The molecule has 2 rings (SSSR count). The van der Waals surface area contributed by atoms with Crippen LogP contribution in [0.25, 0.3) is 0 Å². The number of H-pyrrole nitrogens is 1. The fourth-order valence-corrected chi connectivity index (χ4v) is 2.06. The second kappa shape index (κ2) is 5.28. The molecule has 0 aliphatic carbocycles. The molecule has 1 aromatic rings. The van der Waals surface area contributed by atoms with Crippen molar-refractivity contribution in [2.24, 2.45) is 5.92 Å². The topological polar surface area (TPSA) is 44.0 Å². The largest absolute Gasteiger partial charge is 0.347 e. The molecule has 1 aliphatic heterocycles. The summed E-state index contributed by atoms with van der Waals surface area (Å²) in [6, 6.07) is 0. The van der Waals surface area contributed by atoms with E-state index in [-0.39, 0.29) is 0 Å². The van der Waals surface area contributed by atoms with Crippen molar-refractivity contribution in [3.63, 3.8) is 0 Å². The Morgan fingerprint density at radius 1 is 1.53 bits per heavy atom. The first-order chi connectivity index (χ1) is 7.34. The van der Waals surface area contributed by atoms with Gasteiger partial charge in [-0.15, -0.1) is 0 Å². The third-order valence-corrected chi connectivity index (χ3v) is 3.14. The molecule has 2 heterocycles. The van der Waals surface area contributed by atoms with Gasteiger partial charge in [-0.2, -0.15) is 0 Å². The number of imidazole rings is 1. The first kappa shape index (κ1) is 10.6. The predicted molar refractivity (Wildman–Crippen MR) is 60.5 cm³/mol. The van der Waals surface area contributed by atoms with Gasteiger partial charge in [-0.25, -0.2) is 4.98 Å². The number of nitrogens with one attached hydrogen (secondary N) is 2. The van der Waals surface area contributed by atoms with Gasteiger partial charge < -0.3 is 15.2 Å². The van der Waals surface area contributed by atoms with Gasteiger partial charge in [-0.1, -0.05) is 0 Å². The standard InChI is InChI=1S/C11H20N4/c1-15-4-2-10(3-5-15)6-12-7-11-8-13-9-14-11/h8-10,12H,2-7H2,1H3,(H,13,14). The Morgan fingerprint density at radius 3 is 3.00 bits per heavy atom. The van der Waals surface area contributed by atoms with E-state index in [1.807, 2.05) is 6.20 Å². The van der Waals surface area contributed by atoms with Crippen LogP contribution < -0.4 is 5.32 Å². The Morgan fingerprint density at radius 2 is 2.33 bits per heavy atom. The zero-order valence-corrected chi connectivity index (χ0v) is 9.37. The molecule has 84 valence electrons. The Balaban J connectivity index is 1.62. The molecule has 1 aromatic heterocycles. The van der Waals surface area contributed by atoms with Crippen LogP contribution in [0.15, 0.2) is 12.5 Å². The van der Waals surface area contributed by atoms with Crippen molar-refractivity contribution in [1.82, 2.24) is 20.2 Å². The normalized spacial score (nSPS) is 19.5. The Labute approximate surface area is 91.1 Å². The summed E-state index contributed by atoms with van der Waals surface area (Å²) in [5.74, 6) is 0.851. The van der Waals surface area contributed by atoms with E-state index in [0.717, 1.165) is 19.0 Å². The monoisotopic (exact) mass is 208 g/mol. The number of aromatic amines is 1. The zero-order chi connectivity index (χ0) is 10.5. The summed E-state index contributed by atoms with van der Waals surface area (Å²) in [6.07, 6.45) is 6.26. The molecule has 0 spiro atoms. The third kappa shape index (κ3) is 3.32. The van der Waals surface area contributed by atoms with E-state index in [1.54, 1.807) is 6.33 Å².